The van der Waals surface area contributed by atoms with E-state index in [0.717, 1.165) is 19.6 Å². The smallest absolute Gasteiger partial charge is 0.317 e. The Labute approximate surface area is 122 Å². The molecule has 3 heteroatoms. The minimum absolute atomic E-state index is 0.0669. The van der Waals surface area contributed by atoms with Crippen LogP contribution in [-0.4, -0.2) is 30.6 Å². The van der Waals surface area contributed by atoms with Crippen molar-refractivity contribution in [3.8, 4) is 0 Å². The molecule has 1 aliphatic carbocycles. The summed E-state index contributed by atoms with van der Waals surface area (Å²) in [4.78, 5) is 14.0. The van der Waals surface area contributed by atoms with Crippen molar-refractivity contribution in [3.63, 3.8) is 0 Å². The highest BCUT2D eigenvalue weighted by molar-refractivity contribution is 5.74. The lowest BCUT2D eigenvalue weighted by atomic mass is 9.79. The molecule has 0 heterocycles. The van der Waals surface area contributed by atoms with E-state index < -0.39 is 0 Å². The Morgan fingerprint density at radius 1 is 1.15 bits per heavy atom. The molecule has 2 rings (SSSR count). The van der Waals surface area contributed by atoms with E-state index in [9.17, 15) is 4.79 Å². The molecule has 1 aromatic carbocycles. The number of benzene rings is 1. The molecule has 0 saturated heterocycles. The van der Waals surface area contributed by atoms with Crippen molar-refractivity contribution >= 4 is 6.03 Å². The lowest BCUT2D eigenvalue weighted by Gasteiger charge is -2.31. The Morgan fingerprint density at radius 3 is 2.30 bits per heavy atom. The van der Waals surface area contributed by atoms with Gasteiger partial charge in [-0.3, -0.25) is 0 Å². The number of nitrogens with one attached hydrogen (secondary N) is 1. The topological polar surface area (TPSA) is 32.3 Å². The fourth-order valence-electron chi connectivity index (χ4n) is 3.28. The van der Waals surface area contributed by atoms with Crippen LogP contribution in [-0.2, 0) is 5.41 Å². The number of nitrogens with zero attached hydrogens (tertiary/aromatic N) is 1. The lowest BCUT2D eigenvalue weighted by molar-refractivity contribution is 0.199. The summed E-state index contributed by atoms with van der Waals surface area (Å²) in [7, 11) is 0. The summed E-state index contributed by atoms with van der Waals surface area (Å²) in [5.74, 6) is 0. The molecule has 1 aromatic rings. The van der Waals surface area contributed by atoms with E-state index in [-0.39, 0.29) is 11.4 Å². The largest absolute Gasteiger partial charge is 0.337 e. The minimum atomic E-state index is 0.0669. The second-order valence-electron chi connectivity index (χ2n) is 5.68. The van der Waals surface area contributed by atoms with Crippen LogP contribution in [0.2, 0.25) is 0 Å². The number of hydrogen-bond donors (Lipinski definition) is 1. The van der Waals surface area contributed by atoms with Gasteiger partial charge in [0, 0.05) is 25.0 Å². The van der Waals surface area contributed by atoms with E-state index in [2.05, 4.69) is 35.6 Å². The van der Waals surface area contributed by atoms with Crippen LogP contribution in [0.1, 0.15) is 45.1 Å². The van der Waals surface area contributed by atoms with E-state index in [1.807, 2.05) is 18.7 Å². The summed E-state index contributed by atoms with van der Waals surface area (Å²) in [6, 6.07) is 10.7. The van der Waals surface area contributed by atoms with Crippen molar-refractivity contribution in [2.45, 2.75) is 44.9 Å². The third-order valence-electron chi connectivity index (χ3n) is 4.58. The van der Waals surface area contributed by atoms with E-state index in [1.165, 1.54) is 31.2 Å². The third-order valence-corrected chi connectivity index (χ3v) is 4.58. The summed E-state index contributed by atoms with van der Waals surface area (Å²) in [6.45, 7) is 6.32. The zero-order valence-corrected chi connectivity index (χ0v) is 12.7. The molecule has 1 N–H and O–H groups in total. The predicted octanol–water partition coefficient (Wildman–Crippen LogP) is 3.55. The molecule has 1 aliphatic rings. The predicted molar refractivity (Wildman–Crippen MR) is 82.9 cm³/mol. The van der Waals surface area contributed by atoms with E-state index in [4.69, 9.17) is 0 Å². The second kappa shape index (κ2) is 6.78. The van der Waals surface area contributed by atoms with Crippen LogP contribution < -0.4 is 5.32 Å². The number of rotatable bonds is 5. The summed E-state index contributed by atoms with van der Waals surface area (Å²) >= 11 is 0. The highest BCUT2D eigenvalue weighted by Gasteiger charge is 2.35. The van der Waals surface area contributed by atoms with Gasteiger partial charge in [-0.15, -0.1) is 0 Å². The van der Waals surface area contributed by atoms with Crippen LogP contribution in [0.25, 0.3) is 0 Å². The van der Waals surface area contributed by atoms with Crippen LogP contribution in [0.5, 0.6) is 0 Å². The van der Waals surface area contributed by atoms with Crippen molar-refractivity contribution in [2.24, 2.45) is 0 Å². The van der Waals surface area contributed by atoms with Gasteiger partial charge in [0.1, 0.15) is 0 Å². The molecule has 0 aliphatic heterocycles. The number of hydrogen-bond acceptors (Lipinski definition) is 1. The molecule has 1 saturated carbocycles. The van der Waals surface area contributed by atoms with Crippen LogP contribution in [0.3, 0.4) is 0 Å². The van der Waals surface area contributed by atoms with E-state index >= 15 is 0 Å². The standard InChI is InChI=1S/C17H26N2O/c1-3-19(4-2)16(20)18-14-17(12-8-9-13-17)15-10-6-5-7-11-15/h5-7,10-11H,3-4,8-9,12-14H2,1-2H3,(H,18,20). The molecule has 0 aromatic heterocycles. The number of carbonyl (C=O) groups excluding carboxylic acids is 1. The Bertz CT molecular complexity index is 420. The first-order chi connectivity index (χ1) is 9.72. The first-order valence-corrected chi connectivity index (χ1v) is 7.80. The molecule has 0 spiro atoms. The van der Waals surface area contributed by atoms with Crippen LogP contribution >= 0.6 is 0 Å². The summed E-state index contributed by atoms with van der Waals surface area (Å²) < 4.78 is 0. The zero-order chi connectivity index (χ0) is 14.4. The van der Waals surface area contributed by atoms with Gasteiger partial charge in [0.2, 0.25) is 0 Å². The van der Waals surface area contributed by atoms with Gasteiger partial charge < -0.3 is 10.2 Å². The van der Waals surface area contributed by atoms with Crippen LogP contribution in [0.15, 0.2) is 30.3 Å². The van der Waals surface area contributed by atoms with Crippen LogP contribution in [0.4, 0.5) is 4.79 Å². The van der Waals surface area contributed by atoms with Gasteiger partial charge in [0.15, 0.2) is 0 Å². The molecule has 110 valence electrons. The normalized spacial score (nSPS) is 16.9. The summed E-state index contributed by atoms with van der Waals surface area (Å²) in [5, 5.41) is 3.15. The number of amides is 2. The molecule has 3 nitrogen and oxygen atoms in total. The van der Waals surface area contributed by atoms with Gasteiger partial charge in [0.05, 0.1) is 0 Å². The van der Waals surface area contributed by atoms with Gasteiger partial charge in [-0.1, -0.05) is 43.2 Å². The maximum absolute atomic E-state index is 12.2. The fourth-order valence-corrected chi connectivity index (χ4v) is 3.28. The lowest BCUT2D eigenvalue weighted by Crippen LogP contribution is -2.45. The molecular weight excluding hydrogens is 248 g/mol. The first-order valence-electron chi connectivity index (χ1n) is 7.80. The van der Waals surface area contributed by atoms with E-state index in [1.54, 1.807) is 0 Å². The van der Waals surface area contributed by atoms with Crippen molar-refractivity contribution < 1.29 is 4.79 Å². The molecule has 1 fully saturated rings. The Hall–Kier alpha value is -1.51. The average molecular weight is 274 g/mol. The maximum atomic E-state index is 12.2. The SMILES string of the molecule is CCN(CC)C(=O)NCC1(c2ccccc2)CCCC1. The molecule has 2 amide bonds. The highest BCUT2D eigenvalue weighted by Crippen LogP contribution is 2.40. The van der Waals surface area contributed by atoms with Crippen LogP contribution in [0, 0.1) is 0 Å². The van der Waals surface area contributed by atoms with Gasteiger partial charge in [-0.25, -0.2) is 4.79 Å². The van der Waals surface area contributed by atoms with Crippen molar-refractivity contribution in [1.29, 1.82) is 0 Å². The highest BCUT2D eigenvalue weighted by atomic mass is 16.2. The number of carbonyl (C=O) groups is 1. The van der Waals surface area contributed by atoms with Crippen molar-refractivity contribution in [2.75, 3.05) is 19.6 Å². The summed E-state index contributed by atoms with van der Waals surface area (Å²) in [6.07, 6.45) is 4.87. The van der Waals surface area contributed by atoms with Gasteiger partial charge >= 0.3 is 6.03 Å². The Morgan fingerprint density at radius 2 is 1.75 bits per heavy atom. The number of urea groups is 1. The van der Waals surface area contributed by atoms with Crippen molar-refractivity contribution in [1.82, 2.24) is 10.2 Å². The quantitative estimate of drug-likeness (QED) is 0.875. The third kappa shape index (κ3) is 3.14. The van der Waals surface area contributed by atoms with Gasteiger partial charge in [0.25, 0.3) is 0 Å². The Kier molecular flexibility index (Phi) is 5.05. The molecular formula is C17H26N2O. The first kappa shape index (κ1) is 14.9. The maximum Gasteiger partial charge on any atom is 0.317 e. The van der Waals surface area contributed by atoms with Gasteiger partial charge in [-0.05, 0) is 32.3 Å². The minimum Gasteiger partial charge on any atom is -0.337 e. The monoisotopic (exact) mass is 274 g/mol. The molecule has 0 atom stereocenters. The van der Waals surface area contributed by atoms with E-state index in [0.29, 0.717) is 0 Å². The average Bonchev–Trinajstić information content (AvgIpc) is 2.97. The fraction of sp³-hybridized carbons (Fsp3) is 0.588. The molecule has 0 bridgehead atoms. The molecule has 20 heavy (non-hydrogen) atoms. The molecule has 0 unspecified atom stereocenters. The zero-order valence-electron chi connectivity index (χ0n) is 12.7. The second-order valence-corrected chi connectivity index (χ2v) is 5.68. The summed E-state index contributed by atoms with van der Waals surface area (Å²) in [5.41, 5.74) is 1.52. The Balaban J connectivity index is 2.06. The molecule has 0 radical (unpaired) electrons. The van der Waals surface area contributed by atoms with Crippen molar-refractivity contribution in [3.05, 3.63) is 35.9 Å². The van der Waals surface area contributed by atoms with Gasteiger partial charge in [-0.2, -0.15) is 0 Å².